The van der Waals surface area contributed by atoms with Crippen LogP contribution in [0.15, 0.2) is 48.8 Å². The first-order valence-electron chi connectivity index (χ1n) is 8.06. The average Bonchev–Trinajstić information content (AvgIpc) is 3.22. The van der Waals surface area contributed by atoms with E-state index in [1.54, 1.807) is 12.4 Å². The SMILES string of the molecule is NCCCn1cnc2cc(C(=O)Nc3nc4ccccc4s3)ccc21. The zero-order valence-electron chi connectivity index (χ0n) is 13.5. The monoisotopic (exact) mass is 351 g/mol. The molecule has 0 saturated carbocycles. The number of imidazole rings is 1. The lowest BCUT2D eigenvalue weighted by Gasteiger charge is -2.04. The molecule has 4 rings (SSSR count). The van der Waals surface area contributed by atoms with E-state index in [1.165, 1.54) is 11.3 Å². The smallest absolute Gasteiger partial charge is 0.257 e. The van der Waals surface area contributed by atoms with Gasteiger partial charge in [0.05, 0.1) is 27.6 Å². The van der Waals surface area contributed by atoms with Gasteiger partial charge in [0.1, 0.15) is 0 Å². The number of nitrogens with zero attached hydrogens (tertiary/aromatic N) is 3. The fourth-order valence-corrected chi connectivity index (χ4v) is 3.60. The zero-order valence-corrected chi connectivity index (χ0v) is 14.3. The van der Waals surface area contributed by atoms with Crippen LogP contribution in [0.25, 0.3) is 21.3 Å². The summed E-state index contributed by atoms with van der Waals surface area (Å²) in [6.45, 7) is 1.46. The topological polar surface area (TPSA) is 85.8 Å². The summed E-state index contributed by atoms with van der Waals surface area (Å²) in [5.41, 5.74) is 8.82. The molecule has 4 aromatic rings. The highest BCUT2D eigenvalue weighted by atomic mass is 32.1. The van der Waals surface area contributed by atoms with Crippen molar-refractivity contribution in [3.05, 3.63) is 54.4 Å². The van der Waals surface area contributed by atoms with E-state index >= 15 is 0 Å². The molecule has 0 radical (unpaired) electrons. The number of nitrogens with two attached hydrogens (primary N) is 1. The van der Waals surface area contributed by atoms with Gasteiger partial charge < -0.3 is 10.3 Å². The number of carbonyl (C=O) groups excluding carboxylic acids is 1. The van der Waals surface area contributed by atoms with Crippen LogP contribution in [0.3, 0.4) is 0 Å². The average molecular weight is 351 g/mol. The van der Waals surface area contributed by atoms with Crippen LogP contribution in [0.2, 0.25) is 0 Å². The fourth-order valence-electron chi connectivity index (χ4n) is 2.74. The van der Waals surface area contributed by atoms with Crippen LogP contribution in [0, 0.1) is 0 Å². The number of aryl methyl sites for hydroxylation is 1. The van der Waals surface area contributed by atoms with Crippen molar-refractivity contribution in [2.75, 3.05) is 11.9 Å². The fraction of sp³-hybridized carbons (Fsp3) is 0.167. The number of amides is 1. The third-order valence-electron chi connectivity index (χ3n) is 4.00. The van der Waals surface area contributed by atoms with E-state index in [2.05, 4.69) is 19.9 Å². The van der Waals surface area contributed by atoms with Crippen molar-refractivity contribution in [3.8, 4) is 0 Å². The van der Waals surface area contributed by atoms with Gasteiger partial charge >= 0.3 is 0 Å². The maximum Gasteiger partial charge on any atom is 0.257 e. The minimum Gasteiger partial charge on any atom is -0.331 e. The summed E-state index contributed by atoms with van der Waals surface area (Å²) in [5.74, 6) is -0.183. The normalized spacial score (nSPS) is 11.2. The molecule has 0 aliphatic heterocycles. The summed E-state index contributed by atoms with van der Waals surface area (Å²) in [4.78, 5) is 21.3. The van der Waals surface area contributed by atoms with E-state index in [0.29, 0.717) is 17.2 Å². The first-order chi connectivity index (χ1) is 12.2. The molecular weight excluding hydrogens is 334 g/mol. The van der Waals surface area contributed by atoms with Crippen LogP contribution >= 0.6 is 11.3 Å². The van der Waals surface area contributed by atoms with Gasteiger partial charge in [0.2, 0.25) is 0 Å². The molecule has 2 aromatic heterocycles. The molecule has 0 atom stereocenters. The van der Waals surface area contributed by atoms with Gasteiger partial charge in [0, 0.05) is 12.1 Å². The van der Waals surface area contributed by atoms with Crippen molar-refractivity contribution in [3.63, 3.8) is 0 Å². The molecule has 2 aromatic carbocycles. The van der Waals surface area contributed by atoms with Crippen LogP contribution in [-0.2, 0) is 6.54 Å². The highest BCUT2D eigenvalue weighted by Gasteiger charge is 2.12. The molecule has 0 aliphatic carbocycles. The Hall–Kier alpha value is -2.77. The summed E-state index contributed by atoms with van der Waals surface area (Å²) < 4.78 is 3.10. The molecule has 126 valence electrons. The number of aromatic nitrogens is 3. The number of para-hydroxylation sites is 1. The first kappa shape index (κ1) is 15.7. The molecule has 7 heteroatoms. The number of rotatable bonds is 5. The van der Waals surface area contributed by atoms with Crippen molar-refractivity contribution < 1.29 is 4.79 Å². The number of nitrogens with one attached hydrogen (secondary N) is 1. The van der Waals surface area contributed by atoms with Gasteiger partial charge in [-0.15, -0.1) is 0 Å². The molecule has 3 N–H and O–H groups in total. The van der Waals surface area contributed by atoms with Crippen molar-refractivity contribution in [1.29, 1.82) is 0 Å². The van der Waals surface area contributed by atoms with Gasteiger partial charge in [0.25, 0.3) is 5.91 Å². The van der Waals surface area contributed by atoms with Gasteiger partial charge in [-0.2, -0.15) is 0 Å². The van der Waals surface area contributed by atoms with Gasteiger partial charge in [-0.25, -0.2) is 9.97 Å². The van der Waals surface area contributed by atoms with Crippen molar-refractivity contribution in [2.45, 2.75) is 13.0 Å². The Morgan fingerprint density at radius 3 is 2.92 bits per heavy atom. The standard InChI is InChI=1S/C18H17N5OS/c19-8-3-9-23-11-20-14-10-12(6-7-15(14)23)17(24)22-18-21-13-4-1-2-5-16(13)25-18/h1-2,4-7,10-11H,3,8-9,19H2,(H,21,22,24). The third-order valence-corrected chi connectivity index (χ3v) is 4.95. The lowest BCUT2D eigenvalue weighted by atomic mass is 10.2. The quantitative estimate of drug-likeness (QED) is 0.578. The van der Waals surface area contributed by atoms with E-state index in [4.69, 9.17) is 5.73 Å². The van der Waals surface area contributed by atoms with E-state index in [-0.39, 0.29) is 5.91 Å². The zero-order chi connectivity index (χ0) is 17.2. The second-order valence-corrected chi connectivity index (χ2v) is 6.76. The summed E-state index contributed by atoms with van der Waals surface area (Å²) in [7, 11) is 0. The van der Waals surface area contributed by atoms with Crippen molar-refractivity contribution >= 4 is 43.6 Å². The number of carbonyl (C=O) groups is 1. The molecule has 2 heterocycles. The van der Waals surface area contributed by atoms with Crippen LogP contribution in [0.1, 0.15) is 16.8 Å². The summed E-state index contributed by atoms with van der Waals surface area (Å²) in [6.07, 6.45) is 2.68. The second-order valence-electron chi connectivity index (χ2n) is 5.72. The predicted octanol–water partition coefficient (Wildman–Crippen LogP) is 3.25. The number of thiazole rings is 1. The number of fused-ring (bicyclic) bond motifs is 2. The Balaban J connectivity index is 1.57. The number of anilines is 1. The Morgan fingerprint density at radius 2 is 2.08 bits per heavy atom. The van der Waals surface area contributed by atoms with Gasteiger partial charge in [-0.1, -0.05) is 23.5 Å². The van der Waals surface area contributed by atoms with E-state index in [9.17, 15) is 4.79 Å². The highest BCUT2D eigenvalue weighted by molar-refractivity contribution is 7.22. The maximum atomic E-state index is 12.5. The van der Waals surface area contributed by atoms with E-state index in [1.807, 2.05) is 36.4 Å². The summed E-state index contributed by atoms with van der Waals surface area (Å²) in [6, 6.07) is 13.3. The Morgan fingerprint density at radius 1 is 1.20 bits per heavy atom. The van der Waals surface area contributed by atoms with Crippen LogP contribution in [-0.4, -0.2) is 27.0 Å². The van der Waals surface area contributed by atoms with Crippen molar-refractivity contribution in [1.82, 2.24) is 14.5 Å². The predicted molar refractivity (Wildman–Crippen MR) is 101 cm³/mol. The summed E-state index contributed by atoms with van der Waals surface area (Å²) in [5, 5.41) is 3.47. The Labute approximate surface area is 148 Å². The first-order valence-corrected chi connectivity index (χ1v) is 8.88. The van der Waals surface area contributed by atoms with E-state index in [0.717, 1.165) is 34.2 Å². The molecule has 1 amide bonds. The molecule has 0 bridgehead atoms. The van der Waals surface area contributed by atoms with Gasteiger partial charge in [0.15, 0.2) is 5.13 Å². The number of hydrogen-bond donors (Lipinski definition) is 2. The molecule has 25 heavy (non-hydrogen) atoms. The lowest BCUT2D eigenvalue weighted by Crippen LogP contribution is -2.11. The van der Waals surface area contributed by atoms with Crippen LogP contribution < -0.4 is 11.1 Å². The minimum atomic E-state index is -0.183. The van der Waals surface area contributed by atoms with Gasteiger partial charge in [-0.3, -0.25) is 10.1 Å². The molecule has 0 fully saturated rings. The molecule has 6 nitrogen and oxygen atoms in total. The van der Waals surface area contributed by atoms with Crippen molar-refractivity contribution in [2.24, 2.45) is 5.73 Å². The second kappa shape index (κ2) is 6.62. The van der Waals surface area contributed by atoms with Crippen LogP contribution in [0.4, 0.5) is 5.13 Å². The summed E-state index contributed by atoms with van der Waals surface area (Å²) >= 11 is 1.46. The lowest BCUT2D eigenvalue weighted by molar-refractivity contribution is 0.102. The highest BCUT2D eigenvalue weighted by Crippen LogP contribution is 2.26. The number of benzene rings is 2. The molecule has 0 spiro atoms. The maximum absolute atomic E-state index is 12.5. The third kappa shape index (κ3) is 3.11. The largest absolute Gasteiger partial charge is 0.331 e. The van der Waals surface area contributed by atoms with E-state index < -0.39 is 0 Å². The Bertz CT molecular complexity index is 1020. The number of hydrogen-bond acceptors (Lipinski definition) is 5. The molecule has 0 unspecified atom stereocenters. The molecular formula is C18H17N5OS. The molecule has 0 aliphatic rings. The molecule has 0 saturated heterocycles. The van der Waals surface area contributed by atoms with Crippen LogP contribution in [0.5, 0.6) is 0 Å². The Kier molecular flexibility index (Phi) is 4.17. The minimum absolute atomic E-state index is 0.183. The van der Waals surface area contributed by atoms with Gasteiger partial charge in [-0.05, 0) is 43.3 Å².